The minimum absolute atomic E-state index is 0.106. The van der Waals surface area contributed by atoms with Gasteiger partial charge in [0.05, 0.1) is 5.75 Å². The number of carbonyl (C=O) groups excluding carboxylic acids is 2. The van der Waals surface area contributed by atoms with Gasteiger partial charge in [-0.2, -0.15) is 0 Å². The maximum absolute atomic E-state index is 13.4. The lowest BCUT2D eigenvalue weighted by Crippen LogP contribution is -2.51. The van der Waals surface area contributed by atoms with E-state index in [0.29, 0.717) is 17.2 Å². The van der Waals surface area contributed by atoms with Crippen LogP contribution in [0.1, 0.15) is 50.2 Å². The maximum atomic E-state index is 13.4. The van der Waals surface area contributed by atoms with Crippen molar-refractivity contribution < 1.29 is 14.0 Å². The number of rotatable bonds is 10. The van der Waals surface area contributed by atoms with Crippen LogP contribution in [0.3, 0.4) is 0 Å². The number of carbonyl (C=O) groups is 2. The van der Waals surface area contributed by atoms with Gasteiger partial charge < -0.3 is 10.2 Å². The molecule has 0 saturated heterocycles. The zero-order chi connectivity index (χ0) is 22.9. The molecule has 1 atom stereocenters. The van der Waals surface area contributed by atoms with E-state index in [1.807, 2.05) is 31.2 Å². The van der Waals surface area contributed by atoms with Crippen molar-refractivity contribution in [2.24, 2.45) is 0 Å². The molecule has 32 heavy (non-hydrogen) atoms. The van der Waals surface area contributed by atoms with Crippen LogP contribution in [0.2, 0.25) is 5.02 Å². The maximum Gasteiger partial charge on any atom is 0.243 e. The third-order valence-electron chi connectivity index (χ3n) is 5.79. The van der Waals surface area contributed by atoms with E-state index in [0.717, 1.165) is 36.8 Å². The first-order valence-corrected chi connectivity index (χ1v) is 12.7. The minimum atomic E-state index is -0.561. The lowest BCUT2D eigenvalue weighted by Gasteiger charge is -2.31. The summed E-state index contributed by atoms with van der Waals surface area (Å²) < 4.78 is 13.4. The van der Waals surface area contributed by atoms with Gasteiger partial charge in [0.2, 0.25) is 11.8 Å². The molecule has 172 valence electrons. The molecule has 0 aliphatic heterocycles. The van der Waals surface area contributed by atoms with Crippen molar-refractivity contribution in [3.63, 3.8) is 0 Å². The summed E-state index contributed by atoms with van der Waals surface area (Å²) in [5.41, 5.74) is 1.77. The molecule has 2 amide bonds. The van der Waals surface area contributed by atoms with Crippen LogP contribution >= 0.6 is 23.4 Å². The van der Waals surface area contributed by atoms with Crippen molar-refractivity contribution in [2.45, 2.75) is 63.4 Å². The normalized spacial score (nSPS) is 14.8. The summed E-state index contributed by atoms with van der Waals surface area (Å²) in [6.07, 6.45) is 4.74. The smallest absolute Gasteiger partial charge is 0.243 e. The number of halogens is 2. The summed E-state index contributed by atoms with van der Waals surface area (Å²) in [5, 5.41) is 3.81. The molecule has 1 saturated carbocycles. The van der Waals surface area contributed by atoms with Gasteiger partial charge in [0.1, 0.15) is 11.9 Å². The SMILES string of the molecule is CCC(C(=O)NC1CCCC1)N(Cc1ccc(F)cc1)C(=O)CSCc1ccccc1Cl. The Morgan fingerprint density at radius 3 is 2.50 bits per heavy atom. The first-order valence-electron chi connectivity index (χ1n) is 11.1. The third kappa shape index (κ3) is 6.97. The van der Waals surface area contributed by atoms with Gasteiger partial charge in [0.15, 0.2) is 0 Å². The van der Waals surface area contributed by atoms with E-state index in [1.165, 1.54) is 23.9 Å². The number of nitrogens with zero attached hydrogens (tertiary/aromatic N) is 1. The van der Waals surface area contributed by atoms with Crippen LogP contribution in [-0.2, 0) is 21.9 Å². The highest BCUT2D eigenvalue weighted by Crippen LogP contribution is 2.23. The van der Waals surface area contributed by atoms with Gasteiger partial charge in [-0.1, -0.05) is 61.7 Å². The van der Waals surface area contributed by atoms with Crippen LogP contribution in [0.4, 0.5) is 4.39 Å². The Morgan fingerprint density at radius 2 is 1.84 bits per heavy atom. The highest BCUT2D eigenvalue weighted by molar-refractivity contribution is 7.99. The molecule has 1 N–H and O–H groups in total. The number of benzene rings is 2. The number of thioether (sulfide) groups is 1. The van der Waals surface area contributed by atoms with E-state index in [1.54, 1.807) is 17.0 Å². The van der Waals surface area contributed by atoms with Gasteiger partial charge in [-0.05, 0) is 48.6 Å². The second-order valence-corrected chi connectivity index (χ2v) is 9.54. The van der Waals surface area contributed by atoms with E-state index < -0.39 is 6.04 Å². The molecule has 0 radical (unpaired) electrons. The second-order valence-electron chi connectivity index (χ2n) is 8.15. The molecule has 1 aliphatic carbocycles. The lowest BCUT2D eigenvalue weighted by atomic mass is 10.1. The van der Waals surface area contributed by atoms with E-state index in [2.05, 4.69) is 5.32 Å². The highest BCUT2D eigenvalue weighted by Gasteiger charge is 2.30. The predicted octanol–water partition coefficient (Wildman–Crippen LogP) is 5.58. The number of hydrogen-bond donors (Lipinski definition) is 1. The van der Waals surface area contributed by atoms with Crippen molar-refractivity contribution in [3.05, 3.63) is 70.5 Å². The summed E-state index contributed by atoms with van der Waals surface area (Å²) in [6, 6.07) is 13.3. The fraction of sp³-hybridized carbons (Fsp3) is 0.440. The Morgan fingerprint density at radius 1 is 1.16 bits per heavy atom. The predicted molar refractivity (Wildman–Crippen MR) is 129 cm³/mol. The molecule has 3 rings (SSSR count). The summed E-state index contributed by atoms with van der Waals surface area (Å²) in [4.78, 5) is 28.0. The molecule has 0 heterocycles. The van der Waals surface area contributed by atoms with Crippen molar-refractivity contribution in [1.29, 1.82) is 0 Å². The first kappa shape index (κ1) is 24.6. The summed E-state index contributed by atoms with van der Waals surface area (Å²) in [7, 11) is 0. The average Bonchev–Trinajstić information content (AvgIpc) is 3.29. The molecular formula is C25H30ClFN2O2S. The summed E-state index contributed by atoms with van der Waals surface area (Å²) >= 11 is 7.70. The van der Waals surface area contributed by atoms with Crippen LogP contribution in [0.15, 0.2) is 48.5 Å². The molecular weight excluding hydrogens is 447 g/mol. The van der Waals surface area contributed by atoms with Crippen molar-refractivity contribution in [2.75, 3.05) is 5.75 Å². The molecule has 0 spiro atoms. The molecule has 1 unspecified atom stereocenters. The van der Waals surface area contributed by atoms with Crippen LogP contribution in [0.25, 0.3) is 0 Å². The topological polar surface area (TPSA) is 49.4 Å². The van der Waals surface area contributed by atoms with E-state index in [4.69, 9.17) is 11.6 Å². The standard InChI is InChI=1S/C25H30ClFN2O2S/c1-2-23(25(31)28-21-8-4-5-9-21)29(15-18-11-13-20(27)14-12-18)24(30)17-32-16-19-7-3-6-10-22(19)26/h3,6-7,10-14,21,23H,2,4-5,8-9,15-17H2,1H3,(H,28,31). The molecule has 0 aromatic heterocycles. The zero-order valence-electron chi connectivity index (χ0n) is 18.4. The van der Waals surface area contributed by atoms with Gasteiger partial charge in [0, 0.05) is 23.4 Å². The zero-order valence-corrected chi connectivity index (χ0v) is 19.9. The fourth-order valence-corrected chi connectivity index (χ4v) is 5.22. The van der Waals surface area contributed by atoms with Gasteiger partial charge in [-0.3, -0.25) is 9.59 Å². The second kappa shape index (κ2) is 12.3. The van der Waals surface area contributed by atoms with Gasteiger partial charge >= 0.3 is 0 Å². The molecule has 1 fully saturated rings. The highest BCUT2D eigenvalue weighted by atomic mass is 35.5. The third-order valence-corrected chi connectivity index (χ3v) is 7.13. The molecule has 1 aliphatic rings. The van der Waals surface area contributed by atoms with Crippen LogP contribution in [-0.4, -0.2) is 34.6 Å². The Hall–Kier alpha value is -2.05. The Balaban J connectivity index is 1.70. The van der Waals surface area contributed by atoms with Crippen molar-refractivity contribution in [1.82, 2.24) is 10.2 Å². The Labute approximate surface area is 198 Å². The summed E-state index contributed by atoms with van der Waals surface area (Å²) in [6.45, 7) is 2.18. The van der Waals surface area contributed by atoms with Crippen molar-refractivity contribution in [3.8, 4) is 0 Å². The van der Waals surface area contributed by atoms with Gasteiger partial charge in [-0.15, -0.1) is 11.8 Å². The largest absolute Gasteiger partial charge is 0.352 e. The van der Waals surface area contributed by atoms with Crippen molar-refractivity contribution >= 4 is 35.2 Å². The van der Waals surface area contributed by atoms with E-state index >= 15 is 0 Å². The molecule has 0 bridgehead atoms. The Bertz CT molecular complexity index is 903. The van der Waals surface area contributed by atoms with E-state index in [-0.39, 0.29) is 36.0 Å². The first-order chi connectivity index (χ1) is 15.5. The van der Waals surface area contributed by atoms with E-state index in [9.17, 15) is 14.0 Å². The lowest BCUT2D eigenvalue weighted by molar-refractivity contribution is -0.139. The monoisotopic (exact) mass is 476 g/mol. The molecule has 4 nitrogen and oxygen atoms in total. The van der Waals surface area contributed by atoms with Crippen LogP contribution in [0.5, 0.6) is 0 Å². The van der Waals surface area contributed by atoms with Crippen LogP contribution in [0, 0.1) is 5.82 Å². The minimum Gasteiger partial charge on any atom is -0.352 e. The number of amides is 2. The fourth-order valence-electron chi connectivity index (χ4n) is 4.02. The summed E-state index contributed by atoms with van der Waals surface area (Å²) in [5.74, 6) is 0.305. The quantitative estimate of drug-likeness (QED) is 0.487. The molecule has 2 aromatic carbocycles. The Kier molecular flexibility index (Phi) is 9.42. The average molecular weight is 477 g/mol. The van der Waals surface area contributed by atoms with Crippen LogP contribution < -0.4 is 5.32 Å². The molecule has 7 heteroatoms. The number of hydrogen-bond acceptors (Lipinski definition) is 3. The van der Waals surface area contributed by atoms with Gasteiger partial charge in [0.25, 0.3) is 0 Å². The molecule has 2 aromatic rings. The van der Waals surface area contributed by atoms with Gasteiger partial charge in [-0.25, -0.2) is 4.39 Å². The number of nitrogens with one attached hydrogen (secondary N) is 1.